The normalized spacial score (nSPS) is 15.3. The Morgan fingerprint density at radius 2 is 2.16 bits per heavy atom. The highest BCUT2D eigenvalue weighted by molar-refractivity contribution is 5.88. The van der Waals surface area contributed by atoms with Gasteiger partial charge in [0, 0.05) is 17.7 Å². The molecule has 132 valence electrons. The molecular formula is C19H22N2O4. The van der Waals surface area contributed by atoms with Crippen molar-refractivity contribution in [2.24, 2.45) is 5.92 Å². The molecule has 0 N–H and O–H groups in total. The molecule has 6 heteroatoms. The van der Waals surface area contributed by atoms with Crippen molar-refractivity contribution in [3.63, 3.8) is 0 Å². The number of rotatable bonds is 6. The third kappa shape index (κ3) is 3.57. The second kappa shape index (κ2) is 7.51. The fourth-order valence-electron chi connectivity index (χ4n) is 2.99. The van der Waals surface area contributed by atoms with Crippen LogP contribution in [0, 0.1) is 5.92 Å². The van der Waals surface area contributed by atoms with E-state index < -0.39 is 5.97 Å². The molecule has 2 heterocycles. The van der Waals surface area contributed by atoms with Crippen LogP contribution in [-0.4, -0.2) is 28.9 Å². The van der Waals surface area contributed by atoms with Gasteiger partial charge >= 0.3 is 5.97 Å². The van der Waals surface area contributed by atoms with Gasteiger partial charge in [-0.25, -0.2) is 4.79 Å². The summed E-state index contributed by atoms with van der Waals surface area (Å²) in [5.74, 6) is -0.246. The molecule has 1 aliphatic carbocycles. The highest BCUT2D eigenvalue weighted by Gasteiger charge is 2.33. The maximum atomic E-state index is 13.0. The molecule has 1 saturated carbocycles. The SMILES string of the molecule is COC(=O)c1occc1CN(C(=O)C1CCC1)[C@@H](C)c1ccccn1. The van der Waals surface area contributed by atoms with Gasteiger partial charge in [0.25, 0.3) is 0 Å². The van der Waals surface area contributed by atoms with Crippen LogP contribution in [0.1, 0.15) is 54.0 Å². The number of amides is 1. The molecule has 0 saturated heterocycles. The van der Waals surface area contributed by atoms with Crippen molar-refractivity contribution in [3.8, 4) is 0 Å². The summed E-state index contributed by atoms with van der Waals surface area (Å²) in [6, 6.07) is 7.16. The second-order valence-electron chi connectivity index (χ2n) is 6.29. The number of carbonyl (C=O) groups is 2. The number of ether oxygens (including phenoxy) is 1. The maximum absolute atomic E-state index is 13.0. The van der Waals surface area contributed by atoms with E-state index in [9.17, 15) is 9.59 Å². The number of carbonyl (C=O) groups excluding carboxylic acids is 2. The summed E-state index contributed by atoms with van der Waals surface area (Å²) in [6.07, 6.45) is 6.08. The van der Waals surface area contributed by atoms with E-state index >= 15 is 0 Å². The van der Waals surface area contributed by atoms with Crippen LogP contribution in [0.5, 0.6) is 0 Å². The van der Waals surface area contributed by atoms with E-state index in [4.69, 9.17) is 9.15 Å². The fraction of sp³-hybridized carbons (Fsp3) is 0.421. The van der Waals surface area contributed by atoms with E-state index in [1.165, 1.54) is 13.4 Å². The first-order valence-corrected chi connectivity index (χ1v) is 8.48. The van der Waals surface area contributed by atoms with Gasteiger partial charge in [0.15, 0.2) is 0 Å². The molecule has 0 aliphatic heterocycles. The number of hydrogen-bond donors (Lipinski definition) is 0. The molecule has 0 aromatic carbocycles. The Labute approximate surface area is 146 Å². The highest BCUT2D eigenvalue weighted by Crippen LogP contribution is 2.32. The lowest BCUT2D eigenvalue weighted by Gasteiger charge is -2.35. The third-order valence-corrected chi connectivity index (χ3v) is 4.78. The zero-order valence-electron chi connectivity index (χ0n) is 14.5. The summed E-state index contributed by atoms with van der Waals surface area (Å²) in [7, 11) is 1.31. The summed E-state index contributed by atoms with van der Waals surface area (Å²) in [4.78, 5) is 31.0. The first-order valence-electron chi connectivity index (χ1n) is 8.48. The topological polar surface area (TPSA) is 72.6 Å². The van der Waals surface area contributed by atoms with Gasteiger partial charge in [-0.2, -0.15) is 0 Å². The summed E-state index contributed by atoms with van der Waals surface area (Å²) in [5, 5.41) is 0. The molecule has 1 atom stereocenters. The van der Waals surface area contributed by atoms with Crippen molar-refractivity contribution in [2.75, 3.05) is 7.11 Å². The Kier molecular flexibility index (Phi) is 5.16. The Hall–Kier alpha value is -2.63. The van der Waals surface area contributed by atoms with E-state index in [1.807, 2.05) is 25.1 Å². The number of furan rings is 1. The molecule has 1 fully saturated rings. The summed E-state index contributed by atoms with van der Waals surface area (Å²) in [5.41, 5.74) is 1.46. The average Bonchev–Trinajstić information content (AvgIpc) is 3.05. The Bertz CT molecular complexity index is 737. The average molecular weight is 342 g/mol. The molecule has 2 aromatic heterocycles. The predicted octanol–water partition coefficient (Wildman–Crippen LogP) is 3.35. The maximum Gasteiger partial charge on any atom is 0.374 e. The van der Waals surface area contributed by atoms with E-state index in [0.717, 1.165) is 25.0 Å². The minimum absolute atomic E-state index is 0.0552. The third-order valence-electron chi connectivity index (χ3n) is 4.78. The van der Waals surface area contributed by atoms with Crippen molar-refractivity contribution in [1.29, 1.82) is 0 Å². The largest absolute Gasteiger partial charge is 0.463 e. The molecule has 2 aromatic rings. The standard InChI is InChI=1S/C19H22N2O4/c1-13(16-8-3-4-10-20-16)21(18(22)14-6-5-7-14)12-15-9-11-25-17(15)19(23)24-2/h3-4,8-11,13-14H,5-7,12H2,1-2H3/t13-/m0/s1. The molecule has 1 amide bonds. The van der Waals surface area contributed by atoms with Gasteiger partial charge in [-0.3, -0.25) is 9.78 Å². The van der Waals surface area contributed by atoms with Crippen LogP contribution in [0.15, 0.2) is 41.1 Å². The summed E-state index contributed by atoms with van der Waals surface area (Å²) in [6.45, 7) is 2.24. The van der Waals surface area contributed by atoms with E-state index in [1.54, 1.807) is 17.2 Å². The zero-order chi connectivity index (χ0) is 17.8. The quantitative estimate of drug-likeness (QED) is 0.753. The van der Waals surface area contributed by atoms with E-state index in [2.05, 4.69) is 4.98 Å². The zero-order valence-corrected chi connectivity index (χ0v) is 14.5. The van der Waals surface area contributed by atoms with Gasteiger partial charge in [-0.15, -0.1) is 0 Å². The highest BCUT2D eigenvalue weighted by atomic mass is 16.5. The van der Waals surface area contributed by atoms with Crippen LogP contribution in [0.25, 0.3) is 0 Å². The van der Waals surface area contributed by atoms with Gasteiger partial charge in [0.05, 0.1) is 31.7 Å². The molecule has 1 aliphatic rings. The molecule has 0 bridgehead atoms. The lowest BCUT2D eigenvalue weighted by molar-refractivity contribution is -0.141. The Morgan fingerprint density at radius 3 is 2.76 bits per heavy atom. The summed E-state index contributed by atoms with van der Waals surface area (Å²) < 4.78 is 10.0. The van der Waals surface area contributed by atoms with Crippen molar-refractivity contribution in [2.45, 2.75) is 38.8 Å². The molecule has 0 spiro atoms. The van der Waals surface area contributed by atoms with Crippen molar-refractivity contribution < 1.29 is 18.7 Å². The molecule has 25 heavy (non-hydrogen) atoms. The van der Waals surface area contributed by atoms with Crippen LogP contribution < -0.4 is 0 Å². The van der Waals surface area contributed by atoms with Gasteiger partial charge in [-0.05, 0) is 38.0 Å². The van der Waals surface area contributed by atoms with Crippen molar-refractivity contribution in [3.05, 3.63) is 53.7 Å². The van der Waals surface area contributed by atoms with Crippen LogP contribution in [0.2, 0.25) is 0 Å². The van der Waals surface area contributed by atoms with Crippen LogP contribution in [0.4, 0.5) is 0 Å². The van der Waals surface area contributed by atoms with Gasteiger partial charge in [-0.1, -0.05) is 12.5 Å². The van der Waals surface area contributed by atoms with Gasteiger partial charge in [0.2, 0.25) is 11.7 Å². The first kappa shape index (κ1) is 17.2. The lowest BCUT2D eigenvalue weighted by atomic mass is 9.84. The van der Waals surface area contributed by atoms with E-state index in [-0.39, 0.29) is 30.2 Å². The van der Waals surface area contributed by atoms with Gasteiger partial charge in [0.1, 0.15) is 0 Å². The summed E-state index contributed by atoms with van der Waals surface area (Å²) >= 11 is 0. The van der Waals surface area contributed by atoms with Crippen LogP contribution >= 0.6 is 0 Å². The number of pyridine rings is 1. The predicted molar refractivity (Wildman–Crippen MR) is 90.6 cm³/mol. The monoisotopic (exact) mass is 342 g/mol. The second-order valence-corrected chi connectivity index (χ2v) is 6.29. The Morgan fingerprint density at radius 1 is 1.36 bits per heavy atom. The number of aromatic nitrogens is 1. The minimum Gasteiger partial charge on any atom is -0.463 e. The number of nitrogens with zero attached hydrogens (tertiary/aromatic N) is 2. The molecule has 3 rings (SSSR count). The Balaban J connectivity index is 1.88. The fourth-order valence-corrected chi connectivity index (χ4v) is 2.99. The van der Waals surface area contributed by atoms with Crippen LogP contribution in [0.3, 0.4) is 0 Å². The first-order chi connectivity index (χ1) is 12.1. The minimum atomic E-state index is -0.540. The number of esters is 1. The molecular weight excluding hydrogens is 320 g/mol. The molecule has 0 radical (unpaired) electrons. The molecule has 6 nitrogen and oxygen atoms in total. The van der Waals surface area contributed by atoms with Gasteiger partial charge < -0.3 is 14.1 Å². The van der Waals surface area contributed by atoms with Crippen LogP contribution in [-0.2, 0) is 16.1 Å². The molecule has 0 unspecified atom stereocenters. The number of methoxy groups -OCH3 is 1. The van der Waals surface area contributed by atoms with Crippen molar-refractivity contribution >= 4 is 11.9 Å². The van der Waals surface area contributed by atoms with E-state index in [0.29, 0.717) is 5.56 Å². The van der Waals surface area contributed by atoms with Crippen molar-refractivity contribution in [1.82, 2.24) is 9.88 Å². The lowest BCUT2D eigenvalue weighted by Crippen LogP contribution is -2.40. The number of hydrogen-bond acceptors (Lipinski definition) is 5. The smallest absolute Gasteiger partial charge is 0.374 e.